The number of anilines is 1. The lowest BCUT2D eigenvalue weighted by atomic mass is 10.2. The second kappa shape index (κ2) is 7.58. The van der Waals surface area contributed by atoms with Crippen molar-refractivity contribution >= 4 is 29.3 Å². The van der Waals surface area contributed by atoms with Crippen LogP contribution in [-0.4, -0.2) is 36.5 Å². The Balaban J connectivity index is 1.72. The lowest BCUT2D eigenvalue weighted by Gasteiger charge is -2.13. The van der Waals surface area contributed by atoms with Gasteiger partial charge in [-0.15, -0.1) is 0 Å². The standard InChI is InChI=1S/C17H15ClFN5O3/c1-10(24-14(17(26)27)6-7-20-24)16(25)21-15-13(18)9-23(22-15)8-11-2-4-12(19)5-3-11/h2-7,9-10H,8H2,1H3,(H,26,27)(H,21,22,25). The molecule has 140 valence electrons. The molecule has 1 aromatic carbocycles. The van der Waals surface area contributed by atoms with Crippen LogP contribution in [0.1, 0.15) is 29.0 Å². The molecule has 2 N–H and O–H groups in total. The summed E-state index contributed by atoms with van der Waals surface area (Å²) in [4.78, 5) is 23.6. The zero-order valence-corrected chi connectivity index (χ0v) is 14.9. The van der Waals surface area contributed by atoms with Crippen molar-refractivity contribution in [2.45, 2.75) is 19.5 Å². The van der Waals surface area contributed by atoms with Crippen molar-refractivity contribution in [3.05, 3.63) is 64.8 Å². The van der Waals surface area contributed by atoms with Gasteiger partial charge in [0.25, 0.3) is 0 Å². The molecule has 8 nitrogen and oxygen atoms in total. The summed E-state index contributed by atoms with van der Waals surface area (Å²) in [5, 5.41) is 20.0. The van der Waals surface area contributed by atoms with Crippen LogP contribution < -0.4 is 5.32 Å². The molecule has 0 aliphatic rings. The molecule has 1 unspecified atom stereocenters. The van der Waals surface area contributed by atoms with E-state index in [4.69, 9.17) is 16.7 Å². The molecule has 0 radical (unpaired) electrons. The number of carboxylic acid groups (broad SMARTS) is 1. The number of nitrogens with zero attached hydrogens (tertiary/aromatic N) is 4. The average Bonchev–Trinajstić information content (AvgIpc) is 3.23. The van der Waals surface area contributed by atoms with E-state index >= 15 is 0 Å². The molecule has 0 saturated carbocycles. The first kappa shape index (κ1) is 18.6. The average molecular weight is 392 g/mol. The number of hydrogen-bond acceptors (Lipinski definition) is 4. The first-order valence-electron chi connectivity index (χ1n) is 7.90. The number of nitrogens with one attached hydrogen (secondary N) is 1. The molecule has 0 bridgehead atoms. The summed E-state index contributed by atoms with van der Waals surface area (Å²) in [6.07, 6.45) is 2.83. The molecule has 0 fully saturated rings. The van der Waals surface area contributed by atoms with Gasteiger partial charge >= 0.3 is 5.97 Å². The van der Waals surface area contributed by atoms with Gasteiger partial charge in [-0.3, -0.25) is 9.48 Å². The third-order valence-corrected chi connectivity index (χ3v) is 4.13. The highest BCUT2D eigenvalue weighted by Crippen LogP contribution is 2.22. The van der Waals surface area contributed by atoms with E-state index in [1.807, 2.05) is 0 Å². The number of halogens is 2. The first-order valence-corrected chi connectivity index (χ1v) is 8.28. The Morgan fingerprint density at radius 2 is 2.00 bits per heavy atom. The third kappa shape index (κ3) is 4.14. The van der Waals surface area contributed by atoms with Crippen molar-refractivity contribution in [1.29, 1.82) is 0 Å². The summed E-state index contributed by atoms with van der Waals surface area (Å²) in [7, 11) is 0. The molecule has 0 aliphatic heterocycles. The molecular weight excluding hydrogens is 377 g/mol. The third-order valence-electron chi connectivity index (χ3n) is 3.85. The van der Waals surface area contributed by atoms with Gasteiger partial charge in [0.1, 0.15) is 22.6 Å². The number of carboxylic acids is 1. The molecule has 1 amide bonds. The number of aromatic nitrogens is 4. The summed E-state index contributed by atoms with van der Waals surface area (Å²) in [6, 6.07) is 6.34. The van der Waals surface area contributed by atoms with Crippen LogP contribution in [-0.2, 0) is 11.3 Å². The van der Waals surface area contributed by atoms with Gasteiger partial charge in [0, 0.05) is 12.4 Å². The molecule has 3 aromatic rings. The number of hydrogen-bond donors (Lipinski definition) is 2. The van der Waals surface area contributed by atoms with Crippen LogP contribution >= 0.6 is 11.6 Å². The lowest BCUT2D eigenvalue weighted by molar-refractivity contribution is -0.119. The molecule has 0 spiro atoms. The van der Waals surface area contributed by atoms with Crippen molar-refractivity contribution in [3.8, 4) is 0 Å². The van der Waals surface area contributed by atoms with Crippen LogP contribution in [0.4, 0.5) is 10.2 Å². The summed E-state index contributed by atoms with van der Waals surface area (Å²) >= 11 is 6.12. The number of benzene rings is 1. The normalized spacial score (nSPS) is 12.0. The van der Waals surface area contributed by atoms with Gasteiger partial charge in [-0.25, -0.2) is 13.9 Å². The molecule has 2 aromatic heterocycles. The highest BCUT2D eigenvalue weighted by molar-refractivity contribution is 6.33. The van der Waals surface area contributed by atoms with E-state index in [9.17, 15) is 14.0 Å². The molecule has 1 atom stereocenters. The van der Waals surface area contributed by atoms with E-state index in [-0.39, 0.29) is 22.4 Å². The van der Waals surface area contributed by atoms with Crippen molar-refractivity contribution in [3.63, 3.8) is 0 Å². The van der Waals surface area contributed by atoms with E-state index in [1.165, 1.54) is 42.2 Å². The Hall–Kier alpha value is -3.20. The van der Waals surface area contributed by atoms with Crippen LogP contribution in [0.15, 0.2) is 42.7 Å². The van der Waals surface area contributed by atoms with E-state index < -0.39 is 17.9 Å². The molecular formula is C17H15ClFN5O3. The maximum absolute atomic E-state index is 13.0. The van der Waals surface area contributed by atoms with E-state index in [1.54, 1.807) is 12.1 Å². The van der Waals surface area contributed by atoms with Gasteiger partial charge in [-0.2, -0.15) is 10.2 Å². The van der Waals surface area contributed by atoms with Crippen molar-refractivity contribution in [2.75, 3.05) is 5.32 Å². The van der Waals surface area contributed by atoms with Gasteiger partial charge in [0.2, 0.25) is 5.91 Å². The monoisotopic (exact) mass is 391 g/mol. The van der Waals surface area contributed by atoms with Gasteiger partial charge in [0.05, 0.1) is 6.54 Å². The zero-order valence-electron chi connectivity index (χ0n) is 14.1. The van der Waals surface area contributed by atoms with Crippen LogP contribution in [0, 0.1) is 5.82 Å². The number of aromatic carboxylic acids is 1. The van der Waals surface area contributed by atoms with Crippen LogP contribution in [0.2, 0.25) is 5.02 Å². The fourth-order valence-electron chi connectivity index (χ4n) is 2.46. The first-order chi connectivity index (χ1) is 12.8. The number of carbonyl (C=O) groups is 2. The Bertz CT molecular complexity index is 983. The van der Waals surface area contributed by atoms with Crippen molar-refractivity contribution < 1.29 is 19.1 Å². The van der Waals surface area contributed by atoms with Gasteiger partial charge < -0.3 is 10.4 Å². The number of rotatable bonds is 6. The van der Waals surface area contributed by atoms with Gasteiger partial charge in [0.15, 0.2) is 5.82 Å². The second-order valence-electron chi connectivity index (χ2n) is 5.78. The maximum Gasteiger partial charge on any atom is 0.354 e. The Morgan fingerprint density at radius 3 is 2.67 bits per heavy atom. The minimum absolute atomic E-state index is 0.106. The number of carbonyl (C=O) groups excluding carboxylic acids is 1. The number of amides is 1. The van der Waals surface area contributed by atoms with Crippen LogP contribution in [0.5, 0.6) is 0 Å². The molecule has 0 aliphatic carbocycles. The zero-order chi connectivity index (χ0) is 19.6. The predicted octanol–water partition coefficient (Wildman–Crippen LogP) is 2.82. The summed E-state index contributed by atoms with van der Waals surface area (Å²) in [5.41, 5.74) is 0.704. The minimum atomic E-state index is -1.19. The Kier molecular flexibility index (Phi) is 5.22. The van der Waals surface area contributed by atoms with Gasteiger partial charge in [-0.1, -0.05) is 23.7 Å². The molecule has 27 heavy (non-hydrogen) atoms. The SMILES string of the molecule is CC(C(=O)Nc1nn(Cc2ccc(F)cc2)cc1Cl)n1nccc1C(=O)O. The largest absolute Gasteiger partial charge is 0.477 e. The van der Waals surface area contributed by atoms with Crippen LogP contribution in [0.25, 0.3) is 0 Å². The molecule has 10 heteroatoms. The predicted molar refractivity (Wildman–Crippen MR) is 95.3 cm³/mol. The highest BCUT2D eigenvalue weighted by Gasteiger charge is 2.23. The lowest BCUT2D eigenvalue weighted by Crippen LogP contribution is -2.27. The highest BCUT2D eigenvalue weighted by atomic mass is 35.5. The Labute approximate surface area is 158 Å². The van der Waals surface area contributed by atoms with E-state index in [0.29, 0.717) is 6.54 Å². The summed E-state index contributed by atoms with van der Waals surface area (Å²) < 4.78 is 15.6. The smallest absolute Gasteiger partial charge is 0.354 e. The minimum Gasteiger partial charge on any atom is -0.477 e. The van der Waals surface area contributed by atoms with Crippen molar-refractivity contribution in [1.82, 2.24) is 19.6 Å². The topological polar surface area (TPSA) is 102 Å². The summed E-state index contributed by atoms with van der Waals surface area (Å²) in [6.45, 7) is 1.85. The fraction of sp³-hybridized carbons (Fsp3) is 0.176. The quantitative estimate of drug-likeness (QED) is 0.672. The maximum atomic E-state index is 13.0. The van der Waals surface area contributed by atoms with E-state index in [2.05, 4.69) is 15.5 Å². The Morgan fingerprint density at radius 1 is 1.30 bits per heavy atom. The van der Waals surface area contributed by atoms with Crippen molar-refractivity contribution in [2.24, 2.45) is 0 Å². The molecule has 2 heterocycles. The van der Waals surface area contributed by atoms with E-state index in [0.717, 1.165) is 10.2 Å². The van der Waals surface area contributed by atoms with Gasteiger partial charge in [-0.05, 0) is 30.7 Å². The second-order valence-corrected chi connectivity index (χ2v) is 6.19. The fourth-order valence-corrected chi connectivity index (χ4v) is 2.66. The van der Waals surface area contributed by atoms with Crippen LogP contribution in [0.3, 0.4) is 0 Å². The summed E-state index contributed by atoms with van der Waals surface area (Å²) in [5.74, 6) is -1.90. The molecule has 3 rings (SSSR count). The molecule has 0 saturated heterocycles.